The Kier molecular flexibility index (Phi) is 4.71. The van der Waals surface area contributed by atoms with E-state index in [-0.39, 0.29) is 10.3 Å². The highest BCUT2D eigenvalue weighted by atomic mass is 32.2. The summed E-state index contributed by atoms with van der Waals surface area (Å²) in [6.07, 6.45) is 0. The van der Waals surface area contributed by atoms with E-state index in [1.54, 1.807) is 12.1 Å². The third-order valence-electron chi connectivity index (χ3n) is 4.12. The van der Waals surface area contributed by atoms with Crippen LogP contribution in [-0.2, 0) is 15.4 Å². The fourth-order valence-corrected chi connectivity index (χ4v) is 5.14. The zero-order valence-electron chi connectivity index (χ0n) is 15.6. The van der Waals surface area contributed by atoms with Crippen LogP contribution in [0, 0.1) is 0 Å². The molecular formula is C19H23N3O2S2. The van der Waals surface area contributed by atoms with E-state index >= 15 is 0 Å². The predicted molar refractivity (Wildman–Crippen MR) is 110 cm³/mol. The monoisotopic (exact) mass is 389 g/mol. The van der Waals surface area contributed by atoms with E-state index in [9.17, 15) is 8.42 Å². The number of thiazole rings is 1. The molecule has 2 aromatic carbocycles. The average Bonchev–Trinajstić information content (AvgIpc) is 3.01. The molecule has 0 atom stereocenters. The average molecular weight is 390 g/mol. The molecule has 0 aliphatic rings. The van der Waals surface area contributed by atoms with E-state index in [4.69, 9.17) is 0 Å². The maximum absolute atomic E-state index is 13.0. The molecule has 1 heterocycles. The first-order valence-corrected chi connectivity index (χ1v) is 10.6. The molecule has 0 unspecified atom stereocenters. The molecule has 0 amide bonds. The molecule has 0 fully saturated rings. The standard InChI is InChI=1S/C19H23N3O2S2/c1-19(2,3)17-12-25-18(20-17)21-26(23,24)16-11-7-8-13-14(16)9-6-10-15(13)22(4)5/h6-12H,1-5H3,(H,20,21). The minimum atomic E-state index is -3.74. The van der Waals surface area contributed by atoms with Crippen molar-refractivity contribution in [2.24, 2.45) is 0 Å². The lowest BCUT2D eigenvalue weighted by molar-refractivity contribution is 0.573. The molecule has 7 heteroatoms. The maximum atomic E-state index is 13.0. The van der Waals surface area contributed by atoms with Gasteiger partial charge < -0.3 is 4.90 Å². The highest BCUT2D eigenvalue weighted by Crippen LogP contribution is 2.32. The predicted octanol–water partition coefficient (Wildman–Crippen LogP) is 4.46. The van der Waals surface area contributed by atoms with Gasteiger partial charge in [-0.05, 0) is 12.1 Å². The first kappa shape index (κ1) is 18.7. The fourth-order valence-electron chi connectivity index (χ4n) is 2.72. The molecule has 3 rings (SSSR count). The van der Waals surface area contributed by atoms with Gasteiger partial charge in [-0.15, -0.1) is 11.3 Å². The molecule has 0 aliphatic heterocycles. The molecule has 0 saturated carbocycles. The van der Waals surface area contributed by atoms with Crippen molar-refractivity contribution in [2.45, 2.75) is 31.1 Å². The van der Waals surface area contributed by atoms with E-state index in [2.05, 4.69) is 9.71 Å². The van der Waals surface area contributed by atoms with Gasteiger partial charge >= 0.3 is 0 Å². The number of anilines is 2. The summed E-state index contributed by atoms with van der Waals surface area (Å²) in [4.78, 5) is 6.67. The smallest absolute Gasteiger partial charge is 0.264 e. The number of nitrogens with one attached hydrogen (secondary N) is 1. The van der Waals surface area contributed by atoms with Crippen molar-refractivity contribution in [3.05, 3.63) is 47.5 Å². The van der Waals surface area contributed by atoms with Crippen LogP contribution in [-0.4, -0.2) is 27.5 Å². The number of rotatable bonds is 4. The normalized spacial score (nSPS) is 12.3. The Morgan fingerprint density at radius 2 is 1.69 bits per heavy atom. The third-order valence-corrected chi connectivity index (χ3v) is 6.41. The van der Waals surface area contributed by atoms with Gasteiger partial charge in [0.05, 0.1) is 10.6 Å². The Bertz CT molecular complexity index is 1050. The molecule has 138 valence electrons. The van der Waals surface area contributed by atoms with E-state index in [1.807, 2.05) is 69.4 Å². The van der Waals surface area contributed by atoms with E-state index in [0.717, 1.165) is 16.8 Å². The van der Waals surface area contributed by atoms with E-state index in [0.29, 0.717) is 10.5 Å². The first-order valence-electron chi connectivity index (χ1n) is 8.27. The van der Waals surface area contributed by atoms with Crippen LogP contribution in [0.2, 0.25) is 0 Å². The lowest BCUT2D eigenvalue weighted by Crippen LogP contribution is -2.15. The Balaban J connectivity index is 2.05. The van der Waals surface area contributed by atoms with Crippen LogP contribution in [0.1, 0.15) is 26.5 Å². The largest absolute Gasteiger partial charge is 0.377 e. The van der Waals surface area contributed by atoms with Crippen molar-refractivity contribution < 1.29 is 8.42 Å². The van der Waals surface area contributed by atoms with Crippen LogP contribution >= 0.6 is 11.3 Å². The van der Waals surface area contributed by atoms with Crippen LogP contribution in [0.15, 0.2) is 46.7 Å². The van der Waals surface area contributed by atoms with Gasteiger partial charge in [0.25, 0.3) is 10.0 Å². The van der Waals surface area contributed by atoms with Gasteiger partial charge in [-0.1, -0.05) is 45.0 Å². The number of hydrogen-bond donors (Lipinski definition) is 1. The second kappa shape index (κ2) is 6.55. The van der Waals surface area contributed by atoms with Crippen LogP contribution in [0.25, 0.3) is 10.8 Å². The highest BCUT2D eigenvalue weighted by molar-refractivity contribution is 7.93. The van der Waals surface area contributed by atoms with Gasteiger partial charge in [-0.3, -0.25) is 4.72 Å². The van der Waals surface area contributed by atoms with Gasteiger partial charge in [0, 0.05) is 41.4 Å². The van der Waals surface area contributed by atoms with Crippen molar-refractivity contribution >= 4 is 43.0 Å². The van der Waals surface area contributed by atoms with E-state index < -0.39 is 10.0 Å². The first-order chi connectivity index (χ1) is 12.1. The molecule has 0 bridgehead atoms. The summed E-state index contributed by atoms with van der Waals surface area (Å²) in [7, 11) is 0.149. The fraction of sp³-hybridized carbons (Fsp3) is 0.316. The topological polar surface area (TPSA) is 62.3 Å². The zero-order valence-corrected chi connectivity index (χ0v) is 17.2. The number of nitrogens with zero attached hydrogens (tertiary/aromatic N) is 2. The van der Waals surface area contributed by atoms with Crippen molar-refractivity contribution in [3.63, 3.8) is 0 Å². The maximum Gasteiger partial charge on any atom is 0.264 e. The minimum Gasteiger partial charge on any atom is -0.377 e. The summed E-state index contributed by atoms with van der Waals surface area (Å²) >= 11 is 1.30. The molecule has 26 heavy (non-hydrogen) atoms. The Hall–Kier alpha value is -2.12. The zero-order chi connectivity index (χ0) is 19.1. The molecule has 0 aliphatic carbocycles. The summed E-state index contributed by atoms with van der Waals surface area (Å²) < 4.78 is 28.6. The molecule has 1 N–H and O–H groups in total. The third kappa shape index (κ3) is 3.54. The minimum absolute atomic E-state index is 0.125. The molecular weight excluding hydrogens is 366 g/mol. The number of benzene rings is 2. The number of aromatic nitrogens is 1. The van der Waals surface area contributed by atoms with Gasteiger partial charge in [0.15, 0.2) is 5.13 Å². The SMILES string of the molecule is CN(C)c1cccc2c(S(=O)(=O)Nc3nc(C(C)(C)C)cs3)cccc12. The molecule has 0 spiro atoms. The lowest BCUT2D eigenvalue weighted by Gasteiger charge is -2.17. The second-order valence-electron chi connectivity index (χ2n) is 7.42. The summed E-state index contributed by atoms with van der Waals surface area (Å²) in [6.45, 7) is 6.15. The molecule has 0 saturated heterocycles. The number of sulfonamides is 1. The lowest BCUT2D eigenvalue weighted by atomic mass is 9.93. The van der Waals surface area contributed by atoms with Crippen LogP contribution in [0.4, 0.5) is 10.8 Å². The van der Waals surface area contributed by atoms with E-state index in [1.165, 1.54) is 11.3 Å². The summed E-state index contributed by atoms with van der Waals surface area (Å²) in [5, 5.41) is 3.87. The van der Waals surface area contributed by atoms with Gasteiger partial charge in [0.2, 0.25) is 0 Å². The molecule has 5 nitrogen and oxygen atoms in total. The summed E-state index contributed by atoms with van der Waals surface area (Å²) in [5.74, 6) is 0. The van der Waals surface area contributed by atoms with Gasteiger partial charge in [-0.2, -0.15) is 0 Å². The van der Waals surface area contributed by atoms with Crippen molar-refractivity contribution in [3.8, 4) is 0 Å². The highest BCUT2D eigenvalue weighted by Gasteiger charge is 2.22. The molecule has 0 radical (unpaired) electrons. The van der Waals surface area contributed by atoms with Gasteiger partial charge in [-0.25, -0.2) is 13.4 Å². The summed E-state index contributed by atoms with van der Waals surface area (Å²) in [6, 6.07) is 11.0. The molecule has 3 aromatic rings. The number of hydrogen-bond acceptors (Lipinski definition) is 5. The van der Waals surface area contributed by atoms with Crippen LogP contribution < -0.4 is 9.62 Å². The Labute approximate surface area is 158 Å². The quantitative estimate of drug-likeness (QED) is 0.715. The summed E-state index contributed by atoms with van der Waals surface area (Å²) in [5.41, 5.74) is 1.72. The Morgan fingerprint density at radius 1 is 1.04 bits per heavy atom. The molecule has 1 aromatic heterocycles. The van der Waals surface area contributed by atoms with Gasteiger partial charge in [0.1, 0.15) is 0 Å². The van der Waals surface area contributed by atoms with Crippen molar-refractivity contribution in [2.75, 3.05) is 23.7 Å². The van der Waals surface area contributed by atoms with Crippen molar-refractivity contribution in [1.29, 1.82) is 0 Å². The van der Waals surface area contributed by atoms with Crippen molar-refractivity contribution in [1.82, 2.24) is 4.98 Å². The van der Waals surface area contributed by atoms with Crippen LogP contribution in [0.3, 0.4) is 0 Å². The van der Waals surface area contributed by atoms with Crippen LogP contribution in [0.5, 0.6) is 0 Å². The second-order valence-corrected chi connectivity index (χ2v) is 9.93. The Morgan fingerprint density at radius 3 is 2.31 bits per heavy atom. The number of fused-ring (bicyclic) bond motifs is 1.